The summed E-state index contributed by atoms with van der Waals surface area (Å²) in [5, 5.41) is 6.91. The van der Waals surface area contributed by atoms with E-state index >= 15 is 0 Å². The molecule has 0 spiro atoms. The number of rotatable bonds is 8. The number of nitrogens with one attached hydrogen (secondary N) is 2. The number of carbonyl (C=O) groups is 2. The van der Waals surface area contributed by atoms with E-state index in [0.717, 1.165) is 24.2 Å². The van der Waals surface area contributed by atoms with Gasteiger partial charge in [0, 0.05) is 24.9 Å². The van der Waals surface area contributed by atoms with Crippen LogP contribution in [-0.2, 0) is 16.1 Å². The molecular formula is C26H32ClN7O4. The Morgan fingerprint density at radius 1 is 1.21 bits per heavy atom. The Labute approximate surface area is 226 Å². The number of hydrogen-bond donors (Lipinski definition) is 3. The lowest BCUT2D eigenvalue weighted by atomic mass is 9.98. The van der Waals surface area contributed by atoms with Crippen molar-refractivity contribution in [3.05, 3.63) is 41.1 Å². The van der Waals surface area contributed by atoms with Crippen LogP contribution in [0, 0.1) is 11.8 Å². The van der Waals surface area contributed by atoms with Crippen molar-refractivity contribution in [1.29, 1.82) is 0 Å². The molecule has 1 aliphatic heterocycles. The van der Waals surface area contributed by atoms with Gasteiger partial charge in [0.15, 0.2) is 5.82 Å². The number of nitrogens with zero attached hydrogens (tertiary/aromatic N) is 4. The van der Waals surface area contributed by atoms with Crippen LogP contribution in [0.15, 0.2) is 30.5 Å². The monoisotopic (exact) mass is 541 g/mol. The summed E-state index contributed by atoms with van der Waals surface area (Å²) in [5.74, 6) is 1.61. The highest BCUT2D eigenvalue weighted by Crippen LogP contribution is 2.43. The summed E-state index contributed by atoms with van der Waals surface area (Å²) in [4.78, 5) is 37.3. The first-order valence-electron chi connectivity index (χ1n) is 12.7. The van der Waals surface area contributed by atoms with E-state index in [1.807, 2.05) is 26.0 Å². The molecule has 11 nitrogen and oxygen atoms in total. The van der Waals surface area contributed by atoms with Gasteiger partial charge in [-0.1, -0.05) is 30.7 Å². The second-order valence-corrected chi connectivity index (χ2v) is 10.1. The summed E-state index contributed by atoms with van der Waals surface area (Å²) < 4.78 is 11.1. The third kappa shape index (κ3) is 4.95. The van der Waals surface area contributed by atoms with Crippen LogP contribution < -0.4 is 26.0 Å². The third-order valence-electron chi connectivity index (χ3n) is 7.44. The van der Waals surface area contributed by atoms with Crippen LogP contribution in [0.25, 0.3) is 0 Å². The predicted octanol–water partition coefficient (Wildman–Crippen LogP) is 3.52. The molecule has 1 aromatic carbocycles. The Hall–Kier alpha value is -3.57. The summed E-state index contributed by atoms with van der Waals surface area (Å²) in [6, 6.07) is 3.63. The first kappa shape index (κ1) is 26.1. The molecule has 2 heterocycles. The van der Waals surface area contributed by atoms with Gasteiger partial charge < -0.3 is 30.7 Å². The summed E-state index contributed by atoms with van der Waals surface area (Å²) in [7, 11) is 1.60. The fourth-order valence-corrected chi connectivity index (χ4v) is 5.75. The quantitative estimate of drug-likeness (QED) is 0.429. The molecule has 4 N–H and O–H groups in total. The molecule has 38 heavy (non-hydrogen) atoms. The number of likely N-dealkylation sites (N-methyl/N-ethyl adjacent to an activating group) is 2. The number of benzene rings is 1. The Balaban J connectivity index is 1.43. The second-order valence-electron chi connectivity index (χ2n) is 9.66. The molecule has 2 bridgehead atoms. The summed E-state index contributed by atoms with van der Waals surface area (Å²) in [5.41, 5.74) is 7.76. The molecule has 2 aliphatic carbocycles. The number of hydrogen-bond acceptors (Lipinski definition) is 9. The van der Waals surface area contributed by atoms with Gasteiger partial charge >= 0.3 is 6.09 Å². The van der Waals surface area contributed by atoms with Gasteiger partial charge in [-0.2, -0.15) is 4.98 Å². The molecule has 12 heteroatoms. The number of anilines is 4. The molecule has 202 valence electrons. The third-order valence-corrected chi connectivity index (χ3v) is 7.72. The number of primary amides is 1. The van der Waals surface area contributed by atoms with E-state index in [9.17, 15) is 9.59 Å². The molecule has 0 radical (unpaired) electrons. The van der Waals surface area contributed by atoms with E-state index in [-0.39, 0.29) is 23.8 Å². The molecule has 0 unspecified atom stereocenters. The lowest BCUT2D eigenvalue weighted by Gasteiger charge is -2.28. The molecule has 2 amide bonds. The minimum absolute atomic E-state index is 0.0473. The van der Waals surface area contributed by atoms with Crippen LogP contribution in [0.3, 0.4) is 0 Å². The molecule has 1 saturated carbocycles. The van der Waals surface area contributed by atoms with Crippen LogP contribution in [0.4, 0.5) is 27.9 Å². The highest BCUT2D eigenvalue weighted by Gasteiger charge is 2.47. The van der Waals surface area contributed by atoms with Gasteiger partial charge in [-0.05, 0) is 37.6 Å². The average molecular weight is 542 g/mol. The van der Waals surface area contributed by atoms with Crippen molar-refractivity contribution >= 4 is 46.7 Å². The van der Waals surface area contributed by atoms with Gasteiger partial charge in [0.05, 0.1) is 37.3 Å². The summed E-state index contributed by atoms with van der Waals surface area (Å²) in [6.07, 6.45) is 5.31. The Bertz CT molecular complexity index is 1270. The lowest BCUT2D eigenvalue weighted by molar-refractivity contribution is -0.119. The van der Waals surface area contributed by atoms with E-state index in [1.165, 1.54) is 6.20 Å². The maximum atomic E-state index is 12.9. The van der Waals surface area contributed by atoms with E-state index in [4.69, 9.17) is 26.8 Å². The number of carbonyl (C=O) groups excluding carboxylic acids is 2. The fraction of sp³-hybridized carbons (Fsp3) is 0.462. The standard InChI is InChI=1S/C26H32ClN7O4/c1-4-33-12-16-9-20(37-3)18(10-19(16)34(5-2)21(35)13-33)30-26-29-11-17(27)24(32-26)31-22-14-6-7-15(8-14)23(22)38-25(28)36/h6-7,9-11,14-15,22-23H,4-5,8,12-13H2,1-3H3,(H2,28,36)(H2,29,30,31,32)/t14-,15+,22+,23-/m0/s1. The Kier molecular flexibility index (Phi) is 7.31. The number of aromatic nitrogens is 2. The van der Waals surface area contributed by atoms with Gasteiger partial charge in [0.25, 0.3) is 0 Å². The number of nitrogens with two attached hydrogens (primary N) is 1. The number of ether oxygens (including phenoxy) is 2. The molecule has 4 atom stereocenters. The maximum absolute atomic E-state index is 12.9. The topological polar surface area (TPSA) is 135 Å². The first-order valence-corrected chi connectivity index (χ1v) is 13.1. The van der Waals surface area contributed by atoms with Crippen LogP contribution in [-0.4, -0.2) is 65.8 Å². The van der Waals surface area contributed by atoms with Gasteiger partial charge in [-0.25, -0.2) is 9.78 Å². The van der Waals surface area contributed by atoms with Crippen molar-refractivity contribution in [3.63, 3.8) is 0 Å². The maximum Gasteiger partial charge on any atom is 0.404 e. The average Bonchev–Trinajstić information content (AvgIpc) is 3.45. The molecule has 5 rings (SSSR count). The predicted molar refractivity (Wildman–Crippen MR) is 145 cm³/mol. The fourth-order valence-electron chi connectivity index (χ4n) is 5.60. The smallest absolute Gasteiger partial charge is 0.404 e. The van der Waals surface area contributed by atoms with Crippen LogP contribution >= 0.6 is 11.6 Å². The minimum Gasteiger partial charge on any atom is -0.495 e. The zero-order valence-electron chi connectivity index (χ0n) is 21.6. The van der Waals surface area contributed by atoms with E-state index in [1.54, 1.807) is 12.0 Å². The Morgan fingerprint density at radius 3 is 2.71 bits per heavy atom. The van der Waals surface area contributed by atoms with Crippen molar-refractivity contribution in [1.82, 2.24) is 14.9 Å². The van der Waals surface area contributed by atoms with E-state index < -0.39 is 12.2 Å². The summed E-state index contributed by atoms with van der Waals surface area (Å²) in [6.45, 7) is 6.32. The van der Waals surface area contributed by atoms with Gasteiger partial charge in [-0.3, -0.25) is 9.69 Å². The molecule has 0 saturated heterocycles. The number of methoxy groups -OCH3 is 1. The molecule has 3 aliphatic rings. The van der Waals surface area contributed by atoms with Crippen LogP contribution in [0.2, 0.25) is 5.02 Å². The molecule has 1 aromatic heterocycles. The number of halogens is 1. The normalized spacial score (nSPS) is 24.2. The van der Waals surface area contributed by atoms with Gasteiger partial charge in [0.2, 0.25) is 11.9 Å². The lowest BCUT2D eigenvalue weighted by Crippen LogP contribution is -2.41. The second kappa shape index (κ2) is 10.7. The number of amides is 2. The van der Waals surface area contributed by atoms with Crippen molar-refractivity contribution in [2.75, 3.05) is 42.3 Å². The zero-order valence-corrected chi connectivity index (χ0v) is 22.4. The number of fused-ring (bicyclic) bond motifs is 3. The molecule has 1 fully saturated rings. The van der Waals surface area contributed by atoms with Crippen molar-refractivity contribution in [3.8, 4) is 5.75 Å². The highest BCUT2D eigenvalue weighted by atomic mass is 35.5. The van der Waals surface area contributed by atoms with Crippen molar-refractivity contribution < 1.29 is 19.1 Å². The minimum atomic E-state index is -0.809. The zero-order chi connectivity index (χ0) is 27.0. The SMILES string of the molecule is CCN1CC(=O)N(CC)c2cc(Nc3ncc(Cl)c(N[C@H]4[C@@H](OC(N)=O)[C@@H]5C=C[C@H]4C5)n3)c(OC)cc2C1. The highest BCUT2D eigenvalue weighted by molar-refractivity contribution is 6.32. The molecular weight excluding hydrogens is 510 g/mol. The first-order chi connectivity index (χ1) is 18.3. The van der Waals surface area contributed by atoms with E-state index in [2.05, 4.69) is 37.7 Å². The Morgan fingerprint density at radius 2 is 2.00 bits per heavy atom. The molecule has 2 aromatic rings. The van der Waals surface area contributed by atoms with Crippen molar-refractivity contribution in [2.45, 2.75) is 39.0 Å². The van der Waals surface area contributed by atoms with Gasteiger partial charge in [-0.15, -0.1) is 0 Å². The van der Waals surface area contributed by atoms with E-state index in [0.29, 0.717) is 47.9 Å². The summed E-state index contributed by atoms with van der Waals surface area (Å²) >= 11 is 6.45. The van der Waals surface area contributed by atoms with Crippen LogP contribution in [0.1, 0.15) is 25.8 Å². The van der Waals surface area contributed by atoms with Gasteiger partial charge in [0.1, 0.15) is 16.9 Å². The largest absolute Gasteiger partial charge is 0.495 e. The van der Waals surface area contributed by atoms with Crippen LogP contribution in [0.5, 0.6) is 5.75 Å². The van der Waals surface area contributed by atoms with Crippen molar-refractivity contribution in [2.24, 2.45) is 17.6 Å².